The Hall–Kier alpha value is -0.960. The average molecular weight is 237 g/mol. The number of carbonyl (C=O) groups is 1. The zero-order valence-electron chi connectivity index (χ0n) is 10.2. The SMILES string of the molecule is CCCSCC(=O)c1ccc(N(C)C)cc1. The number of nitrogens with zero attached hydrogens (tertiary/aromatic N) is 1. The van der Waals surface area contributed by atoms with E-state index in [1.54, 1.807) is 11.8 Å². The predicted octanol–water partition coefficient (Wildman–Crippen LogP) is 3.08. The van der Waals surface area contributed by atoms with Crippen LogP contribution in [0.3, 0.4) is 0 Å². The third-order valence-electron chi connectivity index (χ3n) is 2.29. The predicted molar refractivity (Wildman–Crippen MR) is 72.7 cm³/mol. The summed E-state index contributed by atoms with van der Waals surface area (Å²) in [5.41, 5.74) is 1.94. The lowest BCUT2D eigenvalue weighted by Crippen LogP contribution is -2.09. The van der Waals surface area contributed by atoms with E-state index in [2.05, 4.69) is 6.92 Å². The van der Waals surface area contributed by atoms with Gasteiger partial charge >= 0.3 is 0 Å². The van der Waals surface area contributed by atoms with E-state index in [0.717, 1.165) is 23.4 Å². The van der Waals surface area contributed by atoms with Crippen LogP contribution in [0.1, 0.15) is 23.7 Å². The molecular weight excluding hydrogens is 218 g/mol. The first-order chi connectivity index (χ1) is 7.65. The average Bonchev–Trinajstić information content (AvgIpc) is 2.29. The van der Waals surface area contributed by atoms with Crippen LogP contribution in [0.4, 0.5) is 5.69 Å². The molecule has 1 aromatic rings. The Morgan fingerprint density at radius 3 is 2.38 bits per heavy atom. The number of carbonyl (C=O) groups excluding carboxylic acids is 1. The van der Waals surface area contributed by atoms with E-state index in [9.17, 15) is 4.79 Å². The molecule has 0 N–H and O–H groups in total. The van der Waals surface area contributed by atoms with Crippen molar-refractivity contribution in [1.82, 2.24) is 0 Å². The Bertz CT molecular complexity index is 332. The zero-order chi connectivity index (χ0) is 12.0. The summed E-state index contributed by atoms with van der Waals surface area (Å²) in [4.78, 5) is 13.8. The minimum absolute atomic E-state index is 0.226. The van der Waals surface area contributed by atoms with Gasteiger partial charge in [-0.15, -0.1) is 0 Å². The molecule has 1 rings (SSSR count). The summed E-state index contributed by atoms with van der Waals surface area (Å²) in [5, 5.41) is 0. The maximum Gasteiger partial charge on any atom is 0.172 e. The molecule has 88 valence electrons. The maximum absolute atomic E-state index is 11.8. The van der Waals surface area contributed by atoms with E-state index >= 15 is 0 Å². The van der Waals surface area contributed by atoms with Crippen LogP contribution in [0.2, 0.25) is 0 Å². The van der Waals surface area contributed by atoms with Crippen molar-refractivity contribution >= 4 is 23.2 Å². The molecule has 0 heterocycles. The van der Waals surface area contributed by atoms with Crippen LogP contribution in [-0.4, -0.2) is 31.4 Å². The van der Waals surface area contributed by atoms with Gasteiger partial charge in [-0.3, -0.25) is 4.79 Å². The van der Waals surface area contributed by atoms with Crippen molar-refractivity contribution < 1.29 is 4.79 Å². The molecule has 0 aliphatic carbocycles. The molecule has 0 unspecified atom stereocenters. The summed E-state index contributed by atoms with van der Waals surface area (Å²) in [6, 6.07) is 7.78. The Labute approximate surface area is 102 Å². The first kappa shape index (κ1) is 13.1. The number of ketones is 1. The van der Waals surface area contributed by atoms with Crippen LogP contribution in [-0.2, 0) is 0 Å². The summed E-state index contributed by atoms with van der Waals surface area (Å²) in [5.74, 6) is 1.88. The molecule has 2 nitrogen and oxygen atoms in total. The highest BCUT2D eigenvalue weighted by molar-refractivity contribution is 7.99. The van der Waals surface area contributed by atoms with Gasteiger partial charge in [0, 0.05) is 25.3 Å². The molecule has 0 spiro atoms. The van der Waals surface area contributed by atoms with Gasteiger partial charge in [-0.25, -0.2) is 0 Å². The molecule has 16 heavy (non-hydrogen) atoms. The van der Waals surface area contributed by atoms with Crippen LogP contribution >= 0.6 is 11.8 Å². The zero-order valence-corrected chi connectivity index (χ0v) is 11.0. The molecular formula is C13H19NOS. The summed E-state index contributed by atoms with van der Waals surface area (Å²) >= 11 is 1.71. The van der Waals surface area contributed by atoms with Crippen molar-refractivity contribution in [2.45, 2.75) is 13.3 Å². The van der Waals surface area contributed by atoms with E-state index in [1.165, 1.54) is 0 Å². The van der Waals surface area contributed by atoms with Gasteiger partial charge in [0.1, 0.15) is 0 Å². The number of hydrogen-bond acceptors (Lipinski definition) is 3. The number of Topliss-reactive ketones (excluding diaryl/α,β-unsaturated/α-hetero) is 1. The van der Waals surface area contributed by atoms with Crippen LogP contribution in [0.5, 0.6) is 0 Å². The van der Waals surface area contributed by atoms with Gasteiger partial charge in [0.25, 0.3) is 0 Å². The molecule has 0 aliphatic heterocycles. The first-order valence-electron chi connectivity index (χ1n) is 5.53. The third kappa shape index (κ3) is 3.89. The first-order valence-corrected chi connectivity index (χ1v) is 6.69. The molecule has 0 bridgehead atoms. The molecule has 0 amide bonds. The Balaban J connectivity index is 2.56. The van der Waals surface area contributed by atoms with Crippen molar-refractivity contribution in [2.75, 3.05) is 30.5 Å². The molecule has 0 saturated heterocycles. The van der Waals surface area contributed by atoms with E-state index in [0.29, 0.717) is 5.75 Å². The molecule has 3 heteroatoms. The van der Waals surface area contributed by atoms with Crippen LogP contribution in [0.25, 0.3) is 0 Å². The molecule has 1 aromatic carbocycles. The van der Waals surface area contributed by atoms with Crippen LogP contribution in [0, 0.1) is 0 Å². The standard InChI is InChI=1S/C13H19NOS/c1-4-9-16-10-13(15)11-5-7-12(8-6-11)14(2)3/h5-8H,4,9-10H2,1-3H3. The highest BCUT2D eigenvalue weighted by atomic mass is 32.2. The number of hydrogen-bond donors (Lipinski definition) is 0. The van der Waals surface area contributed by atoms with Crippen molar-refractivity contribution in [3.63, 3.8) is 0 Å². The quantitative estimate of drug-likeness (QED) is 0.560. The molecule has 0 aliphatic rings. The number of rotatable bonds is 6. The van der Waals surface area contributed by atoms with E-state index < -0.39 is 0 Å². The Morgan fingerprint density at radius 2 is 1.88 bits per heavy atom. The van der Waals surface area contributed by atoms with Gasteiger partial charge in [0.2, 0.25) is 0 Å². The molecule has 0 atom stereocenters. The Morgan fingerprint density at radius 1 is 1.25 bits per heavy atom. The van der Waals surface area contributed by atoms with Gasteiger partial charge in [-0.2, -0.15) is 11.8 Å². The minimum atomic E-state index is 0.226. The highest BCUT2D eigenvalue weighted by Crippen LogP contribution is 2.14. The van der Waals surface area contributed by atoms with Gasteiger partial charge in [-0.05, 0) is 36.4 Å². The third-order valence-corrected chi connectivity index (χ3v) is 3.45. The normalized spacial score (nSPS) is 10.2. The van der Waals surface area contributed by atoms with Gasteiger partial charge in [0.05, 0.1) is 5.75 Å². The largest absolute Gasteiger partial charge is 0.378 e. The second kappa shape index (κ2) is 6.59. The van der Waals surface area contributed by atoms with Gasteiger partial charge in [0.15, 0.2) is 5.78 Å². The van der Waals surface area contributed by atoms with Crippen LogP contribution in [0.15, 0.2) is 24.3 Å². The lowest BCUT2D eigenvalue weighted by molar-refractivity contribution is 0.102. The van der Waals surface area contributed by atoms with E-state index in [4.69, 9.17) is 0 Å². The molecule has 0 radical (unpaired) electrons. The van der Waals surface area contributed by atoms with Gasteiger partial charge in [-0.1, -0.05) is 6.92 Å². The second-order valence-corrected chi connectivity index (χ2v) is 5.02. The maximum atomic E-state index is 11.8. The lowest BCUT2D eigenvalue weighted by Gasteiger charge is -2.12. The van der Waals surface area contributed by atoms with Crippen molar-refractivity contribution in [3.05, 3.63) is 29.8 Å². The second-order valence-electron chi connectivity index (χ2n) is 3.92. The molecule has 0 aromatic heterocycles. The summed E-state index contributed by atoms with van der Waals surface area (Å²) in [7, 11) is 3.99. The highest BCUT2D eigenvalue weighted by Gasteiger charge is 2.05. The smallest absolute Gasteiger partial charge is 0.172 e. The molecule has 0 saturated carbocycles. The number of benzene rings is 1. The summed E-state index contributed by atoms with van der Waals surface area (Å²) < 4.78 is 0. The monoisotopic (exact) mass is 237 g/mol. The number of thioether (sulfide) groups is 1. The minimum Gasteiger partial charge on any atom is -0.378 e. The van der Waals surface area contributed by atoms with Crippen LogP contribution < -0.4 is 4.90 Å². The fraction of sp³-hybridized carbons (Fsp3) is 0.462. The van der Waals surface area contributed by atoms with E-state index in [-0.39, 0.29) is 5.78 Å². The Kier molecular flexibility index (Phi) is 5.39. The summed E-state index contributed by atoms with van der Waals surface area (Å²) in [6.45, 7) is 2.13. The topological polar surface area (TPSA) is 20.3 Å². The molecule has 0 fully saturated rings. The lowest BCUT2D eigenvalue weighted by atomic mass is 10.1. The van der Waals surface area contributed by atoms with E-state index in [1.807, 2.05) is 43.3 Å². The fourth-order valence-electron chi connectivity index (χ4n) is 1.34. The van der Waals surface area contributed by atoms with Crippen molar-refractivity contribution in [1.29, 1.82) is 0 Å². The van der Waals surface area contributed by atoms with Crippen molar-refractivity contribution in [3.8, 4) is 0 Å². The van der Waals surface area contributed by atoms with Gasteiger partial charge < -0.3 is 4.90 Å². The number of anilines is 1. The fourth-order valence-corrected chi connectivity index (χ4v) is 2.12. The summed E-state index contributed by atoms with van der Waals surface area (Å²) in [6.07, 6.45) is 1.12. The van der Waals surface area contributed by atoms with Crippen molar-refractivity contribution in [2.24, 2.45) is 0 Å².